The van der Waals surface area contributed by atoms with Crippen LogP contribution in [0.4, 0.5) is 0 Å². The summed E-state index contributed by atoms with van der Waals surface area (Å²) in [6.07, 6.45) is 1.06. The van der Waals surface area contributed by atoms with Crippen LogP contribution in [0, 0.1) is 23.7 Å². The van der Waals surface area contributed by atoms with E-state index >= 15 is 0 Å². The average Bonchev–Trinajstić information content (AvgIpc) is 2.55. The van der Waals surface area contributed by atoms with Crippen molar-refractivity contribution in [3.63, 3.8) is 0 Å². The van der Waals surface area contributed by atoms with Crippen LogP contribution in [0.25, 0.3) is 0 Å². The normalized spacial score (nSPS) is 23.6. The molecule has 0 spiro atoms. The first kappa shape index (κ1) is 13.0. The van der Waals surface area contributed by atoms with Gasteiger partial charge in [0.25, 0.3) is 0 Å². The van der Waals surface area contributed by atoms with Crippen molar-refractivity contribution in [2.75, 3.05) is 7.05 Å². The molecule has 1 aliphatic carbocycles. The number of aryl methyl sites for hydroxylation is 1. The predicted molar refractivity (Wildman–Crippen MR) is 74.5 cm³/mol. The Labute approximate surface area is 109 Å². The molecule has 3 heteroatoms. The van der Waals surface area contributed by atoms with Gasteiger partial charge in [-0.15, -0.1) is 11.3 Å². The van der Waals surface area contributed by atoms with E-state index < -0.39 is 0 Å². The molecule has 1 aliphatic rings. The Balaban J connectivity index is 2.09. The highest BCUT2D eigenvalue weighted by Crippen LogP contribution is 2.69. The van der Waals surface area contributed by atoms with Gasteiger partial charge in [0.2, 0.25) is 0 Å². The molecule has 1 unspecified atom stereocenters. The van der Waals surface area contributed by atoms with Crippen molar-refractivity contribution in [3.8, 4) is 0 Å². The van der Waals surface area contributed by atoms with Crippen LogP contribution >= 0.6 is 11.3 Å². The Morgan fingerprint density at radius 1 is 1.35 bits per heavy atom. The summed E-state index contributed by atoms with van der Waals surface area (Å²) in [6.45, 7) is 11.6. The fraction of sp³-hybridized carbons (Fsp3) is 0.786. The first-order chi connectivity index (χ1) is 7.80. The summed E-state index contributed by atoms with van der Waals surface area (Å²) < 4.78 is 0. The van der Waals surface area contributed by atoms with Crippen LogP contribution in [0.2, 0.25) is 0 Å². The summed E-state index contributed by atoms with van der Waals surface area (Å²) >= 11 is 1.79. The molecule has 1 saturated carbocycles. The number of likely N-dealkylation sites (N-methyl/N-ethyl adjacent to an activating group) is 1. The van der Waals surface area contributed by atoms with Gasteiger partial charge in [0.05, 0.1) is 5.01 Å². The molecule has 0 bridgehead atoms. The molecule has 0 saturated heterocycles. The third kappa shape index (κ3) is 2.04. The molecule has 1 fully saturated rings. The van der Waals surface area contributed by atoms with Crippen LogP contribution in [-0.2, 0) is 6.42 Å². The van der Waals surface area contributed by atoms with E-state index in [4.69, 9.17) is 0 Å². The molecule has 0 aromatic carbocycles. The molecule has 1 N–H and O–H groups in total. The van der Waals surface area contributed by atoms with Crippen LogP contribution in [-0.4, -0.2) is 18.1 Å². The van der Waals surface area contributed by atoms with Crippen LogP contribution in [0.1, 0.15) is 38.4 Å². The van der Waals surface area contributed by atoms with E-state index in [1.165, 1.54) is 5.01 Å². The van der Waals surface area contributed by atoms with E-state index in [9.17, 15) is 0 Å². The lowest BCUT2D eigenvalue weighted by Gasteiger charge is -2.17. The highest BCUT2D eigenvalue weighted by atomic mass is 32.1. The highest BCUT2D eigenvalue weighted by Gasteiger charge is 2.66. The molecule has 2 rings (SSSR count). The standard InChI is InChI=1S/C14H24N2S/c1-9-8-17-11(16-9)7-10(15-6)12-13(2,3)14(12,4)5/h8,10,12,15H,7H2,1-6H3. The van der Waals surface area contributed by atoms with Crippen LogP contribution in [0.3, 0.4) is 0 Å². The van der Waals surface area contributed by atoms with E-state index in [0.29, 0.717) is 16.9 Å². The van der Waals surface area contributed by atoms with Gasteiger partial charge in [0.1, 0.15) is 0 Å². The molecule has 1 heterocycles. The molecule has 1 atom stereocenters. The molecule has 1 aromatic rings. The first-order valence-corrected chi connectivity index (χ1v) is 7.27. The number of nitrogens with zero attached hydrogens (tertiary/aromatic N) is 1. The molecule has 17 heavy (non-hydrogen) atoms. The molecule has 96 valence electrons. The lowest BCUT2D eigenvalue weighted by molar-refractivity contribution is 0.420. The summed E-state index contributed by atoms with van der Waals surface area (Å²) in [5.41, 5.74) is 2.02. The monoisotopic (exact) mass is 252 g/mol. The maximum absolute atomic E-state index is 4.58. The fourth-order valence-corrected chi connectivity index (χ4v) is 4.16. The van der Waals surface area contributed by atoms with E-state index in [2.05, 4.69) is 57.3 Å². The zero-order chi connectivity index (χ0) is 12.8. The maximum Gasteiger partial charge on any atom is 0.0943 e. The molecule has 0 aliphatic heterocycles. The van der Waals surface area contributed by atoms with Gasteiger partial charge in [0, 0.05) is 23.5 Å². The molecular weight excluding hydrogens is 228 g/mol. The second-order valence-electron chi connectivity index (χ2n) is 6.40. The van der Waals surface area contributed by atoms with E-state index in [1.54, 1.807) is 11.3 Å². The molecule has 2 nitrogen and oxygen atoms in total. The largest absolute Gasteiger partial charge is 0.316 e. The Morgan fingerprint density at radius 3 is 2.29 bits per heavy atom. The van der Waals surface area contributed by atoms with Gasteiger partial charge < -0.3 is 5.32 Å². The van der Waals surface area contributed by atoms with Gasteiger partial charge in [-0.1, -0.05) is 27.7 Å². The summed E-state index contributed by atoms with van der Waals surface area (Å²) in [5.74, 6) is 0.740. The van der Waals surface area contributed by atoms with Crippen LogP contribution in [0.15, 0.2) is 5.38 Å². The smallest absolute Gasteiger partial charge is 0.0943 e. The molecule has 0 amide bonds. The number of aromatic nitrogens is 1. The second-order valence-corrected chi connectivity index (χ2v) is 7.35. The van der Waals surface area contributed by atoms with Crippen LogP contribution in [0.5, 0.6) is 0 Å². The van der Waals surface area contributed by atoms with E-state index in [-0.39, 0.29) is 0 Å². The van der Waals surface area contributed by atoms with Gasteiger partial charge in [-0.2, -0.15) is 0 Å². The predicted octanol–water partition coefficient (Wildman–Crippen LogP) is 3.26. The van der Waals surface area contributed by atoms with Gasteiger partial charge >= 0.3 is 0 Å². The van der Waals surface area contributed by atoms with Crippen molar-refractivity contribution in [1.82, 2.24) is 10.3 Å². The maximum atomic E-state index is 4.58. The quantitative estimate of drug-likeness (QED) is 0.889. The number of thiazole rings is 1. The SMILES string of the molecule is CNC(Cc1nc(C)cs1)C1C(C)(C)C1(C)C. The number of rotatable bonds is 4. The van der Waals surface area contributed by atoms with Crippen molar-refractivity contribution < 1.29 is 0 Å². The minimum atomic E-state index is 0.437. The van der Waals surface area contributed by atoms with Crippen LogP contribution < -0.4 is 5.32 Å². The Bertz CT molecular complexity index is 392. The zero-order valence-electron chi connectivity index (χ0n) is 11.8. The molecular formula is C14H24N2S. The lowest BCUT2D eigenvalue weighted by Crippen LogP contribution is -2.32. The van der Waals surface area contributed by atoms with Gasteiger partial charge in [-0.25, -0.2) is 4.98 Å². The van der Waals surface area contributed by atoms with Crippen molar-refractivity contribution in [2.45, 2.75) is 47.1 Å². The zero-order valence-corrected chi connectivity index (χ0v) is 12.6. The topological polar surface area (TPSA) is 24.9 Å². The minimum Gasteiger partial charge on any atom is -0.316 e. The average molecular weight is 252 g/mol. The van der Waals surface area contributed by atoms with Crippen molar-refractivity contribution >= 4 is 11.3 Å². The molecule has 0 radical (unpaired) electrons. The van der Waals surface area contributed by atoms with E-state index in [0.717, 1.165) is 18.0 Å². The Kier molecular flexibility index (Phi) is 3.11. The van der Waals surface area contributed by atoms with Crippen molar-refractivity contribution in [2.24, 2.45) is 16.7 Å². The van der Waals surface area contributed by atoms with Crippen molar-refractivity contribution in [3.05, 3.63) is 16.1 Å². The number of hydrogen-bond donors (Lipinski definition) is 1. The fourth-order valence-electron chi connectivity index (χ4n) is 3.32. The van der Waals surface area contributed by atoms with Gasteiger partial charge in [-0.3, -0.25) is 0 Å². The summed E-state index contributed by atoms with van der Waals surface area (Å²) in [7, 11) is 2.08. The third-order valence-corrected chi connectivity index (χ3v) is 5.96. The summed E-state index contributed by atoms with van der Waals surface area (Å²) in [5, 5.41) is 6.91. The first-order valence-electron chi connectivity index (χ1n) is 6.39. The molecule has 1 aromatic heterocycles. The highest BCUT2D eigenvalue weighted by molar-refractivity contribution is 7.09. The Morgan fingerprint density at radius 2 is 1.94 bits per heavy atom. The second kappa shape index (κ2) is 4.06. The Hall–Kier alpha value is -0.410. The minimum absolute atomic E-state index is 0.437. The number of nitrogens with one attached hydrogen (secondary N) is 1. The third-order valence-electron chi connectivity index (χ3n) is 4.97. The van der Waals surface area contributed by atoms with E-state index in [1.807, 2.05) is 0 Å². The van der Waals surface area contributed by atoms with Gasteiger partial charge in [-0.05, 0) is 30.7 Å². The van der Waals surface area contributed by atoms with Gasteiger partial charge in [0.15, 0.2) is 0 Å². The summed E-state index contributed by atoms with van der Waals surface area (Å²) in [4.78, 5) is 4.58. The number of hydrogen-bond acceptors (Lipinski definition) is 3. The van der Waals surface area contributed by atoms with Crippen molar-refractivity contribution in [1.29, 1.82) is 0 Å². The summed E-state index contributed by atoms with van der Waals surface area (Å²) in [6, 6.07) is 0.547. The lowest BCUT2D eigenvalue weighted by atomic mass is 10.0.